The zero-order valence-corrected chi connectivity index (χ0v) is 6.46. The van der Waals surface area contributed by atoms with Crippen molar-refractivity contribution in [1.29, 1.82) is 0 Å². The van der Waals surface area contributed by atoms with Crippen LogP contribution in [0.3, 0.4) is 0 Å². The SMILES string of the molecule is OC1(C(F)(F)C(F)(F)F)CCNC1. The smallest absolute Gasteiger partial charge is 0.382 e. The van der Waals surface area contributed by atoms with Crippen molar-refractivity contribution >= 4 is 0 Å². The minimum atomic E-state index is -5.70. The van der Waals surface area contributed by atoms with Gasteiger partial charge in [0.2, 0.25) is 0 Å². The zero-order valence-electron chi connectivity index (χ0n) is 6.46. The molecule has 0 aromatic rings. The van der Waals surface area contributed by atoms with Crippen molar-refractivity contribution in [2.75, 3.05) is 13.1 Å². The average Bonchev–Trinajstić information content (AvgIpc) is 2.35. The van der Waals surface area contributed by atoms with E-state index < -0.39 is 30.7 Å². The predicted octanol–water partition coefficient (Wildman–Crippen LogP) is 0.908. The van der Waals surface area contributed by atoms with Crippen molar-refractivity contribution in [3.8, 4) is 0 Å². The van der Waals surface area contributed by atoms with E-state index in [0.717, 1.165) is 0 Å². The third-order valence-electron chi connectivity index (χ3n) is 2.07. The van der Waals surface area contributed by atoms with Gasteiger partial charge in [-0.25, -0.2) is 0 Å². The van der Waals surface area contributed by atoms with Gasteiger partial charge in [0.15, 0.2) is 5.60 Å². The molecule has 2 nitrogen and oxygen atoms in total. The fourth-order valence-corrected chi connectivity index (χ4v) is 1.21. The molecule has 1 unspecified atom stereocenters. The summed E-state index contributed by atoms with van der Waals surface area (Å²) in [6.07, 6.45) is -6.30. The van der Waals surface area contributed by atoms with Crippen molar-refractivity contribution < 1.29 is 27.1 Å². The van der Waals surface area contributed by atoms with Gasteiger partial charge in [0.25, 0.3) is 0 Å². The lowest BCUT2D eigenvalue weighted by Gasteiger charge is -2.32. The molecule has 0 amide bonds. The Balaban J connectivity index is 2.91. The highest BCUT2D eigenvalue weighted by molar-refractivity contribution is 5.02. The number of hydrogen-bond acceptors (Lipinski definition) is 2. The molecule has 1 rings (SSSR count). The Bertz CT molecular complexity index is 196. The van der Waals surface area contributed by atoms with Crippen molar-refractivity contribution in [2.24, 2.45) is 0 Å². The summed E-state index contributed by atoms with van der Waals surface area (Å²) in [5.41, 5.74) is -2.99. The average molecular weight is 205 g/mol. The van der Waals surface area contributed by atoms with Crippen LogP contribution in [0.15, 0.2) is 0 Å². The van der Waals surface area contributed by atoms with Crippen LogP contribution in [0.4, 0.5) is 22.0 Å². The van der Waals surface area contributed by atoms with Gasteiger partial charge in [-0.3, -0.25) is 0 Å². The maximum absolute atomic E-state index is 12.6. The van der Waals surface area contributed by atoms with E-state index in [0.29, 0.717) is 0 Å². The maximum Gasteiger partial charge on any atom is 0.456 e. The molecule has 0 aromatic carbocycles. The van der Waals surface area contributed by atoms with Crippen molar-refractivity contribution in [1.82, 2.24) is 5.32 Å². The second-order valence-electron chi connectivity index (χ2n) is 3.03. The molecule has 0 aliphatic carbocycles. The predicted molar refractivity (Wildman–Crippen MR) is 33.4 cm³/mol. The molecule has 1 aliphatic rings. The number of halogens is 5. The summed E-state index contributed by atoms with van der Waals surface area (Å²) in [6, 6.07) is 0. The zero-order chi connectivity index (χ0) is 10.3. The lowest BCUT2D eigenvalue weighted by Crippen LogP contribution is -2.58. The van der Waals surface area contributed by atoms with Crippen molar-refractivity contribution in [3.05, 3.63) is 0 Å². The van der Waals surface area contributed by atoms with Crippen LogP contribution in [0.5, 0.6) is 0 Å². The first-order valence-electron chi connectivity index (χ1n) is 3.58. The summed E-state index contributed by atoms with van der Waals surface area (Å²) < 4.78 is 60.6. The minimum absolute atomic E-state index is 0.0395. The minimum Gasteiger partial charge on any atom is -0.382 e. The molecular formula is C6H8F5NO. The monoisotopic (exact) mass is 205 g/mol. The Kier molecular flexibility index (Phi) is 2.28. The van der Waals surface area contributed by atoms with Gasteiger partial charge < -0.3 is 10.4 Å². The van der Waals surface area contributed by atoms with E-state index in [9.17, 15) is 22.0 Å². The third-order valence-corrected chi connectivity index (χ3v) is 2.07. The Morgan fingerprint density at radius 1 is 1.15 bits per heavy atom. The first-order chi connectivity index (χ1) is 5.71. The van der Waals surface area contributed by atoms with Crippen LogP contribution in [-0.4, -0.2) is 35.9 Å². The molecule has 0 spiro atoms. The lowest BCUT2D eigenvalue weighted by molar-refractivity contribution is -0.337. The van der Waals surface area contributed by atoms with Gasteiger partial charge >= 0.3 is 12.1 Å². The molecule has 2 N–H and O–H groups in total. The van der Waals surface area contributed by atoms with Gasteiger partial charge in [-0.2, -0.15) is 22.0 Å². The number of alkyl halides is 5. The van der Waals surface area contributed by atoms with E-state index in [2.05, 4.69) is 5.32 Å². The number of nitrogens with one attached hydrogen (secondary N) is 1. The largest absolute Gasteiger partial charge is 0.456 e. The normalized spacial score (nSPS) is 30.9. The maximum atomic E-state index is 12.6. The van der Waals surface area contributed by atoms with Gasteiger partial charge in [-0.1, -0.05) is 0 Å². The molecule has 13 heavy (non-hydrogen) atoms. The molecule has 1 aliphatic heterocycles. The van der Waals surface area contributed by atoms with Crippen molar-refractivity contribution in [3.63, 3.8) is 0 Å². The standard InChI is InChI=1S/C6H8F5NO/c7-5(8,6(9,10)11)4(13)1-2-12-3-4/h12-13H,1-3H2. The lowest BCUT2D eigenvalue weighted by atomic mass is 9.94. The summed E-state index contributed by atoms with van der Waals surface area (Å²) in [5.74, 6) is -5.05. The van der Waals surface area contributed by atoms with Crippen LogP contribution in [0, 0.1) is 0 Å². The molecule has 0 aromatic heterocycles. The first-order valence-corrected chi connectivity index (χ1v) is 3.58. The van der Waals surface area contributed by atoms with E-state index in [1.807, 2.05) is 0 Å². The summed E-state index contributed by atoms with van der Waals surface area (Å²) in [7, 11) is 0. The Hall–Kier alpha value is -0.430. The molecule has 0 bridgehead atoms. The number of β-amino-alcohol motifs (C(OH)–C–C–N with tert-alkyl or cyclic N) is 1. The van der Waals surface area contributed by atoms with Crippen LogP contribution < -0.4 is 5.32 Å². The Labute approximate surface area is 70.7 Å². The summed E-state index contributed by atoms with van der Waals surface area (Å²) >= 11 is 0. The van der Waals surface area contributed by atoms with E-state index in [4.69, 9.17) is 5.11 Å². The van der Waals surface area contributed by atoms with Gasteiger partial charge in [-0.15, -0.1) is 0 Å². The molecule has 7 heteroatoms. The molecule has 0 radical (unpaired) electrons. The first kappa shape index (κ1) is 10.6. The topological polar surface area (TPSA) is 32.3 Å². The quantitative estimate of drug-likeness (QED) is 0.623. The summed E-state index contributed by atoms with van der Waals surface area (Å²) in [4.78, 5) is 0. The number of rotatable bonds is 1. The summed E-state index contributed by atoms with van der Waals surface area (Å²) in [6.45, 7) is -0.776. The van der Waals surface area contributed by atoms with E-state index >= 15 is 0 Å². The summed E-state index contributed by atoms with van der Waals surface area (Å²) in [5, 5.41) is 11.3. The van der Waals surface area contributed by atoms with Crippen molar-refractivity contribution in [2.45, 2.75) is 24.1 Å². The van der Waals surface area contributed by atoms with E-state index in [1.54, 1.807) is 0 Å². The fourth-order valence-electron chi connectivity index (χ4n) is 1.21. The molecule has 1 atom stereocenters. The highest BCUT2D eigenvalue weighted by atomic mass is 19.4. The second kappa shape index (κ2) is 2.78. The van der Waals surface area contributed by atoms with E-state index in [-0.39, 0.29) is 6.54 Å². The molecular weight excluding hydrogens is 197 g/mol. The Morgan fingerprint density at radius 3 is 2.00 bits per heavy atom. The van der Waals surface area contributed by atoms with E-state index in [1.165, 1.54) is 0 Å². The number of aliphatic hydroxyl groups is 1. The molecule has 1 saturated heterocycles. The van der Waals surface area contributed by atoms with Crippen LogP contribution in [0.25, 0.3) is 0 Å². The third kappa shape index (κ3) is 1.50. The van der Waals surface area contributed by atoms with Crippen LogP contribution in [0.2, 0.25) is 0 Å². The van der Waals surface area contributed by atoms with Gasteiger partial charge in [0.05, 0.1) is 0 Å². The van der Waals surface area contributed by atoms with Gasteiger partial charge in [-0.05, 0) is 13.0 Å². The van der Waals surface area contributed by atoms with Crippen LogP contribution >= 0.6 is 0 Å². The Morgan fingerprint density at radius 2 is 1.69 bits per heavy atom. The highest BCUT2D eigenvalue weighted by Gasteiger charge is 2.70. The fraction of sp³-hybridized carbons (Fsp3) is 1.00. The second-order valence-corrected chi connectivity index (χ2v) is 3.03. The molecule has 1 heterocycles. The van der Waals surface area contributed by atoms with Crippen LogP contribution in [0.1, 0.15) is 6.42 Å². The van der Waals surface area contributed by atoms with Gasteiger partial charge in [0, 0.05) is 6.54 Å². The molecule has 1 fully saturated rings. The number of hydrogen-bond donors (Lipinski definition) is 2. The van der Waals surface area contributed by atoms with Crippen LogP contribution in [-0.2, 0) is 0 Å². The van der Waals surface area contributed by atoms with Gasteiger partial charge in [0.1, 0.15) is 0 Å². The molecule has 0 saturated carbocycles. The molecule has 78 valence electrons. The highest BCUT2D eigenvalue weighted by Crippen LogP contribution is 2.45.